The molecular formula is C18H28N2O2. The van der Waals surface area contributed by atoms with Crippen molar-refractivity contribution in [2.24, 2.45) is 16.7 Å². The molecule has 3 aliphatic rings. The predicted molar refractivity (Wildman–Crippen MR) is 85.4 cm³/mol. The van der Waals surface area contributed by atoms with Crippen LogP contribution in [0.1, 0.15) is 46.5 Å². The Balaban J connectivity index is 1.81. The molecule has 4 atom stereocenters. The summed E-state index contributed by atoms with van der Waals surface area (Å²) in [6.07, 6.45) is 4.17. The maximum absolute atomic E-state index is 12.6. The lowest BCUT2D eigenvalue weighted by atomic mass is 9.49. The fourth-order valence-electron chi connectivity index (χ4n) is 5.44. The minimum atomic E-state index is -0.431. The SMILES string of the molecule is [C-]#[N+]C1C[C@]2(C)C[C@@H](N3CCOCC3)CC[C@H]2C(C)(C)C1=O. The molecule has 1 aliphatic heterocycles. The summed E-state index contributed by atoms with van der Waals surface area (Å²) in [4.78, 5) is 18.9. The standard InChI is InChI=1S/C18H28N2O2/c1-17(2)15-6-5-13(20-7-9-22-10-8-20)11-18(15,3)12-14(19-4)16(17)21/h13-15H,5-12H2,1-3H3/t13-,14?,15-,18-/m0/s1. The Kier molecular flexibility index (Phi) is 4.07. The third-order valence-corrected chi connectivity index (χ3v) is 6.52. The molecule has 4 nitrogen and oxygen atoms in total. The maximum Gasteiger partial charge on any atom is 0.281 e. The van der Waals surface area contributed by atoms with Crippen LogP contribution in [0, 0.1) is 23.3 Å². The molecule has 122 valence electrons. The first kappa shape index (κ1) is 16.0. The summed E-state index contributed by atoms with van der Waals surface area (Å²) in [5.41, 5.74) is -0.230. The zero-order valence-corrected chi connectivity index (χ0v) is 14.1. The number of carbonyl (C=O) groups is 1. The number of hydrogen-bond donors (Lipinski definition) is 0. The minimum absolute atomic E-state index is 0.119. The van der Waals surface area contributed by atoms with Gasteiger partial charge < -0.3 is 9.58 Å². The third kappa shape index (κ3) is 2.49. The van der Waals surface area contributed by atoms with Crippen LogP contribution in [0.2, 0.25) is 0 Å². The average molecular weight is 304 g/mol. The molecule has 3 rings (SSSR count). The molecule has 0 aromatic heterocycles. The second-order valence-corrected chi connectivity index (χ2v) is 8.23. The molecule has 0 aromatic rings. The number of Topliss-reactive ketones (excluding diaryl/α,β-unsaturated/α-hetero) is 1. The fourth-order valence-corrected chi connectivity index (χ4v) is 5.44. The number of fused-ring (bicyclic) bond motifs is 1. The molecule has 1 unspecified atom stereocenters. The summed E-state index contributed by atoms with van der Waals surface area (Å²) < 4.78 is 5.48. The van der Waals surface area contributed by atoms with E-state index >= 15 is 0 Å². The van der Waals surface area contributed by atoms with Gasteiger partial charge in [-0.25, -0.2) is 6.57 Å². The Bertz CT molecular complexity index is 490. The third-order valence-electron chi connectivity index (χ3n) is 6.52. The topological polar surface area (TPSA) is 33.9 Å². The van der Waals surface area contributed by atoms with Crippen LogP contribution >= 0.6 is 0 Å². The summed E-state index contributed by atoms with van der Waals surface area (Å²) in [5.74, 6) is 0.595. The van der Waals surface area contributed by atoms with Gasteiger partial charge in [-0.05, 0) is 30.6 Å². The highest BCUT2D eigenvalue weighted by atomic mass is 16.5. The Hall–Kier alpha value is -0.920. The average Bonchev–Trinajstić information content (AvgIpc) is 2.51. The van der Waals surface area contributed by atoms with Crippen molar-refractivity contribution < 1.29 is 9.53 Å². The number of morpholine rings is 1. The van der Waals surface area contributed by atoms with E-state index in [1.807, 2.05) is 0 Å². The molecule has 2 saturated carbocycles. The molecule has 4 heteroatoms. The summed E-state index contributed by atoms with van der Waals surface area (Å²) in [5, 5.41) is 0. The van der Waals surface area contributed by atoms with Gasteiger partial charge in [-0.15, -0.1) is 0 Å². The Morgan fingerprint density at radius 1 is 1.18 bits per heavy atom. The summed E-state index contributed by atoms with van der Waals surface area (Å²) in [7, 11) is 0. The van der Waals surface area contributed by atoms with Gasteiger partial charge in [0.15, 0.2) is 0 Å². The van der Waals surface area contributed by atoms with E-state index in [1.54, 1.807) is 0 Å². The Morgan fingerprint density at radius 3 is 2.50 bits per heavy atom. The van der Waals surface area contributed by atoms with Gasteiger partial charge in [0, 0.05) is 31.0 Å². The van der Waals surface area contributed by atoms with Crippen LogP contribution in [-0.2, 0) is 9.53 Å². The maximum atomic E-state index is 12.6. The summed E-state index contributed by atoms with van der Waals surface area (Å²) >= 11 is 0. The van der Waals surface area contributed by atoms with Crippen molar-refractivity contribution in [3.8, 4) is 0 Å². The van der Waals surface area contributed by atoms with Gasteiger partial charge in [0.2, 0.25) is 5.78 Å². The highest BCUT2D eigenvalue weighted by Crippen LogP contribution is 2.57. The number of hydrogen-bond acceptors (Lipinski definition) is 3. The molecule has 0 amide bonds. The van der Waals surface area contributed by atoms with E-state index in [9.17, 15) is 4.79 Å². The van der Waals surface area contributed by atoms with Crippen LogP contribution in [0.25, 0.3) is 4.85 Å². The molecule has 1 saturated heterocycles. The van der Waals surface area contributed by atoms with E-state index in [2.05, 4.69) is 30.5 Å². The van der Waals surface area contributed by atoms with E-state index in [4.69, 9.17) is 11.3 Å². The van der Waals surface area contributed by atoms with Gasteiger partial charge in [-0.1, -0.05) is 20.8 Å². The Morgan fingerprint density at radius 2 is 1.86 bits per heavy atom. The lowest BCUT2D eigenvalue weighted by Crippen LogP contribution is -2.58. The van der Waals surface area contributed by atoms with Crippen molar-refractivity contribution in [3.05, 3.63) is 11.4 Å². The predicted octanol–water partition coefficient (Wildman–Crippen LogP) is 2.78. The van der Waals surface area contributed by atoms with E-state index < -0.39 is 6.04 Å². The summed E-state index contributed by atoms with van der Waals surface area (Å²) in [6, 6.07) is 0.167. The monoisotopic (exact) mass is 304 g/mol. The first-order valence-electron chi connectivity index (χ1n) is 8.61. The zero-order chi connectivity index (χ0) is 16.0. The van der Waals surface area contributed by atoms with E-state index in [1.165, 1.54) is 6.42 Å². The van der Waals surface area contributed by atoms with E-state index in [0.717, 1.165) is 45.6 Å². The summed E-state index contributed by atoms with van der Waals surface area (Å²) in [6.45, 7) is 17.6. The van der Waals surface area contributed by atoms with Crippen molar-refractivity contribution in [2.45, 2.75) is 58.5 Å². The lowest BCUT2D eigenvalue weighted by molar-refractivity contribution is -0.146. The quantitative estimate of drug-likeness (QED) is 0.699. The number of carbonyl (C=O) groups excluding carboxylic acids is 1. The van der Waals surface area contributed by atoms with Crippen LogP contribution in [0.5, 0.6) is 0 Å². The minimum Gasteiger partial charge on any atom is -0.379 e. The van der Waals surface area contributed by atoms with Gasteiger partial charge in [0.05, 0.1) is 13.2 Å². The fraction of sp³-hybridized carbons (Fsp3) is 0.889. The molecule has 0 aromatic carbocycles. The highest BCUT2D eigenvalue weighted by Gasteiger charge is 2.59. The van der Waals surface area contributed by atoms with E-state index in [-0.39, 0.29) is 16.6 Å². The molecule has 0 spiro atoms. The van der Waals surface area contributed by atoms with Crippen LogP contribution < -0.4 is 0 Å². The van der Waals surface area contributed by atoms with Crippen molar-refractivity contribution >= 4 is 5.78 Å². The van der Waals surface area contributed by atoms with Crippen LogP contribution in [0.3, 0.4) is 0 Å². The Labute approximate surface area is 134 Å². The van der Waals surface area contributed by atoms with Gasteiger partial charge in [0.1, 0.15) is 0 Å². The molecule has 1 heterocycles. The normalized spacial score (nSPS) is 42.5. The molecule has 0 bridgehead atoms. The second kappa shape index (κ2) is 5.62. The molecule has 0 N–H and O–H groups in total. The number of ketones is 1. The van der Waals surface area contributed by atoms with Gasteiger partial charge >= 0.3 is 0 Å². The van der Waals surface area contributed by atoms with Crippen molar-refractivity contribution in [3.63, 3.8) is 0 Å². The van der Waals surface area contributed by atoms with Crippen LogP contribution in [0.15, 0.2) is 0 Å². The van der Waals surface area contributed by atoms with Crippen molar-refractivity contribution in [1.29, 1.82) is 0 Å². The number of nitrogens with zero attached hydrogens (tertiary/aromatic N) is 2. The van der Waals surface area contributed by atoms with Crippen molar-refractivity contribution in [1.82, 2.24) is 4.90 Å². The first-order valence-corrected chi connectivity index (χ1v) is 8.61. The van der Waals surface area contributed by atoms with E-state index in [0.29, 0.717) is 12.0 Å². The van der Waals surface area contributed by atoms with Crippen LogP contribution in [0.4, 0.5) is 0 Å². The number of rotatable bonds is 1. The zero-order valence-electron chi connectivity index (χ0n) is 14.1. The molecule has 0 radical (unpaired) electrons. The van der Waals surface area contributed by atoms with Crippen LogP contribution in [-0.4, -0.2) is 49.1 Å². The highest BCUT2D eigenvalue weighted by molar-refractivity contribution is 5.91. The molecular weight excluding hydrogens is 276 g/mol. The number of ether oxygens (including phenoxy) is 1. The molecule has 22 heavy (non-hydrogen) atoms. The van der Waals surface area contributed by atoms with Gasteiger partial charge in [-0.3, -0.25) is 9.69 Å². The van der Waals surface area contributed by atoms with Gasteiger partial charge in [-0.2, -0.15) is 0 Å². The molecule has 2 aliphatic carbocycles. The second-order valence-electron chi connectivity index (χ2n) is 8.23. The first-order chi connectivity index (χ1) is 10.4. The van der Waals surface area contributed by atoms with Crippen molar-refractivity contribution in [2.75, 3.05) is 26.3 Å². The largest absolute Gasteiger partial charge is 0.379 e. The smallest absolute Gasteiger partial charge is 0.281 e. The lowest BCUT2D eigenvalue weighted by Gasteiger charge is -2.55. The van der Waals surface area contributed by atoms with Gasteiger partial charge in [0.25, 0.3) is 6.04 Å². The molecule has 3 fully saturated rings.